The van der Waals surface area contributed by atoms with Crippen LogP contribution in [0.15, 0.2) is 103 Å². The second-order valence-corrected chi connectivity index (χ2v) is 24.4. The number of amides is 9. The van der Waals surface area contributed by atoms with Crippen LogP contribution in [0.4, 0.5) is 8.78 Å². The van der Waals surface area contributed by atoms with E-state index >= 15 is 4.79 Å². The molecule has 4 fully saturated rings. The van der Waals surface area contributed by atoms with Crippen LogP contribution in [-0.2, 0) is 50.3 Å². The molecule has 87 heavy (non-hydrogen) atoms. The summed E-state index contributed by atoms with van der Waals surface area (Å²) in [6.45, 7) is 2.03. The van der Waals surface area contributed by atoms with Gasteiger partial charge in [-0.25, -0.2) is 0 Å². The molecule has 5 aromatic rings. The van der Waals surface area contributed by atoms with E-state index in [2.05, 4.69) is 43.0 Å². The highest BCUT2D eigenvalue weighted by Crippen LogP contribution is 2.59. The van der Waals surface area contributed by atoms with Gasteiger partial charge in [0.2, 0.25) is 41.4 Å². The number of carbonyl (C=O) groups excluding carboxylic acids is 9. The molecule has 0 aliphatic carbocycles. The molecule has 9 amide bonds. The van der Waals surface area contributed by atoms with Crippen LogP contribution in [0.5, 0.6) is 0 Å². The van der Waals surface area contributed by atoms with Gasteiger partial charge in [0.05, 0.1) is 6.04 Å². The Hall–Kier alpha value is -8.62. The van der Waals surface area contributed by atoms with Crippen LogP contribution in [0.25, 0.3) is 10.9 Å². The number of nitrogens with zero attached hydrogens (tertiary/aromatic N) is 4. The first-order chi connectivity index (χ1) is 41.6. The van der Waals surface area contributed by atoms with E-state index in [9.17, 15) is 61.5 Å². The molecule has 5 aliphatic heterocycles. The zero-order chi connectivity index (χ0) is 61.7. The molecule has 1 aromatic heterocycles. The quantitative estimate of drug-likeness (QED) is 0.0349. The van der Waals surface area contributed by atoms with Gasteiger partial charge >= 0.3 is 13.3 Å². The topological polar surface area (TPSA) is 314 Å². The molecule has 2 unspecified atom stereocenters. The molecule has 9 N–H and O–H groups in total. The van der Waals surface area contributed by atoms with Gasteiger partial charge < -0.3 is 56.1 Å². The Kier molecular flexibility index (Phi) is 18.5. The number of hydrogen-bond acceptors (Lipinski definition) is 11. The van der Waals surface area contributed by atoms with Gasteiger partial charge in [-0.15, -0.1) is 0 Å². The van der Waals surface area contributed by atoms with E-state index in [1.165, 1.54) is 20.8 Å². The highest BCUT2D eigenvalue weighted by Gasteiger charge is 2.51. The highest BCUT2D eigenvalue weighted by molar-refractivity contribution is 7.52. The molecular formula is C62H67F2N10O12P. The summed E-state index contributed by atoms with van der Waals surface area (Å²) in [6, 6.07) is 21.7. The fourth-order valence-electron chi connectivity index (χ4n) is 12.3. The van der Waals surface area contributed by atoms with Crippen LogP contribution in [0.1, 0.15) is 125 Å². The van der Waals surface area contributed by atoms with Crippen LogP contribution in [0, 0.1) is 17.8 Å². The number of hydrogen-bond donors (Lipinski definition) is 8. The third-order valence-electron chi connectivity index (χ3n) is 17.0. The number of imide groups is 1. The Morgan fingerprint density at radius 3 is 2.21 bits per heavy atom. The zero-order valence-corrected chi connectivity index (χ0v) is 48.3. The van der Waals surface area contributed by atoms with Gasteiger partial charge in [0.25, 0.3) is 11.8 Å². The third-order valence-corrected chi connectivity index (χ3v) is 18.0. The first-order valence-electron chi connectivity index (χ1n) is 29.1. The molecule has 5 atom stereocenters. The Labute approximate surface area is 499 Å². The lowest BCUT2D eigenvalue weighted by molar-refractivity contribution is -0.145. The van der Waals surface area contributed by atoms with Crippen molar-refractivity contribution >= 4 is 71.7 Å². The molecule has 456 valence electrons. The first-order valence-corrected chi connectivity index (χ1v) is 30.7. The van der Waals surface area contributed by atoms with E-state index in [1.54, 1.807) is 12.1 Å². The number of piperidine rings is 2. The summed E-state index contributed by atoms with van der Waals surface area (Å²) in [5.41, 5.74) is 3.41. The largest absolute Gasteiger partial charge is 0.399 e. The molecule has 22 nitrogen and oxygen atoms in total. The predicted octanol–water partition coefficient (Wildman–Crippen LogP) is 4.05. The standard InChI is InChI=1S/C62H67F2N10O12P/c63-62(64,87(84,85)86)42-18-20-46-41(33-42)34-48(66-46)57(79)68-49-36-72(54(77)15-8-29-71-30-26-37(27-31-71)16-17-38-13-7-14-44-45(38)35-73(60(44)82)50-23-25-53(76)69-58(50)80)32-28-43-19-22-51(74(43)61(49)83)59(81)67-47(21-24-52(65)75)56(78)70-55(39-9-3-1-4-10-39)40-11-5-2-6-12-40/h1-7,9-14,18,20,33-34,37,43,47,49-51,55,66H,8,15,19,21-32,35-36H2,(H2,65,75)(H,67,81)(H,68,79)(H,70,78)(H,69,76,80)(H2,84,85,86)/t43-,47?,49+,50?,51+/m1/s1. The van der Waals surface area contributed by atoms with E-state index in [1.807, 2.05) is 66.7 Å². The van der Waals surface area contributed by atoms with Crippen molar-refractivity contribution < 1.29 is 66.3 Å². The predicted molar refractivity (Wildman–Crippen MR) is 311 cm³/mol. The number of aromatic amines is 1. The number of primary amides is 1. The van der Waals surface area contributed by atoms with E-state index in [-0.39, 0.29) is 105 Å². The Morgan fingerprint density at radius 1 is 0.816 bits per heavy atom. The van der Waals surface area contributed by atoms with Gasteiger partial charge in [-0.05, 0) is 118 Å². The van der Waals surface area contributed by atoms with Gasteiger partial charge in [0.1, 0.15) is 29.9 Å². The molecule has 5 aliphatic rings. The van der Waals surface area contributed by atoms with Crippen LogP contribution >= 0.6 is 7.60 Å². The normalized spacial score (nSPS) is 20.6. The maximum absolute atomic E-state index is 15.1. The maximum Gasteiger partial charge on any atom is 0.399 e. The third kappa shape index (κ3) is 13.8. The summed E-state index contributed by atoms with van der Waals surface area (Å²) in [5, 5.41) is 10.9. The van der Waals surface area contributed by atoms with Crippen LogP contribution in [0.2, 0.25) is 0 Å². The van der Waals surface area contributed by atoms with Crippen molar-refractivity contribution in [2.75, 3.05) is 32.7 Å². The van der Waals surface area contributed by atoms with Crippen molar-refractivity contribution in [3.63, 3.8) is 0 Å². The van der Waals surface area contributed by atoms with Gasteiger partial charge in [-0.3, -0.25) is 53.0 Å². The molecule has 0 bridgehead atoms. The first kappa shape index (κ1) is 61.5. The summed E-state index contributed by atoms with van der Waals surface area (Å²) in [5.74, 6) is 1.72. The number of halogens is 2. The molecule has 25 heteroatoms. The lowest BCUT2D eigenvalue weighted by Crippen LogP contribution is -2.62. The molecule has 10 rings (SSSR count). The highest BCUT2D eigenvalue weighted by atomic mass is 31.2. The molecule has 4 aromatic carbocycles. The number of likely N-dealkylation sites (tertiary alicyclic amines) is 1. The van der Waals surface area contributed by atoms with E-state index < -0.39 is 90.5 Å². The maximum atomic E-state index is 15.1. The Bertz CT molecular complexity index is 3580. The summed E-state index contributed by atoms with van der Waals surface area (Å²) >= 11 is 0. The SMILES string of the molecule is NC(=O)CCC(NC(=O)[C@@H]1CC[C@@H]2CCN(C(=O)CCCN3CCC(C#Cc4cccc5c4CN(C4CCC(=O)NC4=O)C5=O)CC3)C[C@H](NC(=O)c3cc4cc(C(F)(F)P(=O)(O)O)ccc4[nH]3)C(=O)N21)C(=O)NC(c1ccccc1)c1ccccc1. The molecule has 0 spiro atoms. The second kappa shape index (κ2) is 26.2. The van der Waals surface area contributed by atoms with Crippen molar-refractivity contribution in [1.82, 2.24) is 45.9 Å². The minimum absolute atomic E-state index is 0.00394. The lowest BCUT2D eigenvalue weighted by atomic mass is 9.96. The van der Waals surface area contributed by atoms with Crippen molar-refractivity contribution in [2.24, 2.45) is 11.7 Å². The van der Waals surface area contributed by atoms with Gasteiger partial charge in [0.15, 0.2) is 0 Å². The number of carbonyl (C=O) groups is 9. The summed E-state index contributed by atoms with van der Waals surface area (Å²) in [7, 11) is -5.94. The number of H-pyrrole nitrogens is 1. The number of fused-ring (bicyclic) bond motifs is 3. The Balaban J connectivity index is 0.811. The second-order valence-electron chi connectivity index (χ2n) is 22.8. The van der Waals surface area contributed by atoms with Crippen LogP contribution in [-0.4, -0.2) is 150 Å². The van der Waals surface area contributed by atoms with E-state index in [4.69, 9.17) is 5.73 Å². The monoisotopic (exact) mass is 1210 g/mol. The summed E-state index contributed by atoms with van der Waals surface area (Å²) < 4.78 is 41.3. The smallest absolute Gasteiger partial charge is 0.370 e. The summed E-state index contributed by atoms with van der Waals surface area (Å²) in [4.78, 5) is 151. The van der Waals surface area contributed by atoms with Gasteiger partial charge in [-0.2, -0.15) is 8.78 Å². The number of nitrogens with one attached hydrogen (secondary N) is 5. The summed E-state index contributed by atoms with van der Waals surface area (Å²) in [6.07, 6.45) is 2.77. The van der Waals surface area contributed by atoms with Crippen LogP contribution < -0.4 is 27.0 Å². The zero-order valence-electron chi connectivity index (χ0n) is 47.4. The Morgan fingerprint density at radius 2 is 1.53 bits per heavy atom. The average molecular weight is 1210 g/mol. The fourth-order valence-corrected chi connectivity index (χ4v) is 12.8. The minimum atomic E-state index is -5.94. The number of nitrogens with two attached hydrogens (primary N) is 1. The van der Waals surface area contributed by atoms with Gasteiger partial charge in [0, 0.05) is 78.4 Å². The number of benzene rings is 4. The van der Waals surface area contributed by atoms with E-state index in [0.717, 1.165) is 47.7 Å². The van der Waals surface area contributed by atoms with Crippen molar-refractivity contribution in [3.8, 4) is 11.8 Å². The van der Waals surface area contributed by atoms with Crippen molar-refractivity contribution in [2.45, 2.75) is 119 Å². The van der Waals surface area contributed by atoms with Gasteiger partial charge in [-0.1, -0.05) is 84.6 Å². The van der Waals surface area contributed by atoms with Crippen LogP contribution in [0.3, 0.4) is 0 Å². The minimum Gasteiger partial charge on any atom is -0.370 e. The molecule has 6 heterocycles. The molecule has 4 saturated heterocycles. The number of alkyl halides is 2. The number of rotatable bonds is 18. The molecular weight excluding hydrogens is 1150 g/mol. The molecule has 0 saturated carbocycles. The van der Waals surface area contributed by atoms with Crippen molar-refractivity contribution in [1.29, 1.82) is 0 Å². The fraction of sp³-hybridized carbons (Fsp3) is 0.403. The molecule has 0 radical (unpaired) electrons. The average Bonchev–Trinajstić information content (AvgIpc) is 3.20. The number of aromatic nitrogens is 1. The lowest BCUT2D eigenvalue weighted by Gasteiger charge is -2.39. The van der Waals surface area contributed by atoms with Crippen molar-refractivity contribution in [3.05, 3.63) is 142 Å². The van der Waals surface area contributed by atoms with E-state index in [0.29, 0.717) is 43.6 Å².